The lowest BCUT2D eigenvalue weighted by Gasteiger charge is -2.27. The Morgan fingerprint density at radius 1 is 1.21 bits per heavy atom. The highest BCUT2D eigenvalue weighted by molar-refractivity contribution is 7.89. The number of hydrogen-bond donors (Lipinski definition) is 1. The van der Waals surface area contributed by atoms with Gasteiger partial charge in [0.05, 0.1) is 22.9 Å². The van der Waals surface area contributed by atoms with Crippen LogP contribution in [0.2, 0.25) is 10.0 Å². The Balaban J connectivity index is 1.65. The number of nitrogens with zero attached hydrogens (tertiary/aromatic N) is 2. The number of sulfonamides is 1. The maximum Gasteiger partial charge on any atom is 0.267 e. The highest BCUT2D eigenvalue weighted by Crippen LogP contribution is 2.40. The maximum absolute atomic E-state index is 14.7. The van der Waals surface area contributed by atoms with Crippen LogP contribution in [0, 0.1) is 12.7 Å². The second-order valence-corrected chi connectivity index (χ2v) is 10.9. The molecule has 6 nitrogen and oxygen atoms in total. The van der Waals surface area contributed by atoms with Gasteiger partial charge in [-0.05, 0) is 66.8 Å². The molecule has 1 aromatic heterocycles. The third kappa shape index (κ3) is 5.19. The van der Waals surface area contributed by atoms with Crippen LogP contribution in [-0.4, -0.2) is 32.1 Å². The summed E-state index contributed by atoms with van der Waals surface area (Å²) in [5.41, 5.74) is 2.39. The van der Waals surface area contributed by atoms with Gasteiger partial charge in [0.2, 0.25) is 10.0 Å². The number of hydrogen-bond acceptors (Lipinski definition) is 5. The van der Waals surface area contributed by atoms with E-state index in [-0.39, 0.29) is 11.6 Å². The lowest BCUT2D eigenvalue weighted by Crippen LogP contribution is -2.30. The van der Waals surface area contributed by atoms with Gasteiger partial charge in [-0.15, -0.1) is 0 Å². The van der Waals surface area contributed by atoms with E-state index in [2.05, 4.69) is 9.88 Å². The molecule has 178 valence electrons. The van der Waals surface area contributed by atoms with Crippen LogP contribution in [0.25, 0.3) is 11.1 Å². The molecule has 1 N–H and O–H groups in total. The van der Waals surface area contributed by atoms with E-state index in [4.69, 9.17) is 23.2 Å². The number of anilines is 1. The van der Waals surface area contributed by atoms with Crippen LogP contribution in [0.4, 0.5) is 10.2 Å². The van der Waals surface area contributed by atoms with Crippen LogP contribution in [-0.2, 0) is 10.0 Å². The molecule has 0 spiro atoms. The van der Waals surface area contributed by atoms with Gasteiger partial charge in [0.25, 0.3) is 5.91 Å². The van der Waals surface area contributed by atoms with E-state index in [1.807, 2.05) is 24.3 Å². The molecule has 10 heteroatoms. The van der Waals surface area contributed by atoms with Gasteiger partial charge >= 0.3 is 0 Å². The van der Waals surface area contributed by atoms with E-state index in [9.17, 15) is 17.6 Å². The van der Waals surface area contributed by atoms with Crippen molar-refractivity contribution in [3.05, 3.63) is 81.2 Å². The average molecular weight is 522 g/mol. The molecular formula is C24H22Cl2FN3O3S. The molecular weight excluding hydrogens is 500 g/mol. The zero-order chi connectivity index (χ0) is 24.6. The van der Waals surface area contributed by atoms with Crippen molar-refractivity contribution in [1.29, 1.82) is 0 Å². The third-order valence-corrected chi connectivity index (χ3v) is 6.80. The number of carbonyl (C=O) groups is 1. The van der Waals surface area contributed by atoms with E-state index in [1.165, 1.54) is 12.1 Å². The summed E-state index contributed by atoms with van der Waals surface area (Å²) in [6, 6.07) is 12.0. The molecule has 1 aliphatic heterocycles. The van der Waals surface area contributed by atoms with Crippen molar-refractivity contribution in [3.8, 4) is 11.1 Å². The number of halogens is 3. The Morgan fingerprint density at radius 2 is 1.97 bits per heavy atom. The molecule has 0 radical (unpaired) electrons. The third-order valence-electron chi connectivity index (χ3n) is 5.73. The molecule has 3 aromatic rings. The van der Waals surface area contributed by atoms with Crippen LogP contribution in [0.3, 0.4) is 0 Å². The summed E-state index contributed by atoms with van der Waals surface area (Å²) < 4.78 is 39.1. The van der Waals surface area contributed by atoms with Gasteiger partial charge in [-0.3, -0.25) is 4.79 Å². The van der Waals surface area contributed by atoms with Crippen LogP contribution in [0.1, 0.15) is 40.4 Å². The number of aryl methyl sites for hydroxylation is 1. The number of pyridine rings is 1. The number of carbonyl (C=O) groups excluding carboxylic acids is 1. The predicted molar refractivity (Wildman–Crippen MR) is 132 cm³/mol. The number of rotatable bonds is 5. The van der Waals surface area contributed by atoms with Gasteiger partial charge in [-0.1, -0.05) is 35.3 Å². The fourth-order valence-electron chi connectivity index (χ4n) is 4.26. The van der Waals surface area contributed by atoms with Crippen molar-refractivity contribution >= 4 is 45.0 Å². The van der Waals surface area contributed by atoms with E-state index in [1.54, 1.807) is 23.9 Å². The molecule has 2 aromatic carbocycles. The lowest BCUT2D eigenvalue weighted by molar-refractivity contribution is 0.0977. The molecule has 0 aliphatic carbocycles. The van der Waals surface area contributed by atoms with E-state index in [0.717, 1.165) is 31.2 Å². The highest BCUT2D eigenvalue weighted by atomic mass is 35.5. The first kappa shape index (κ1) is 24.4. The molecule has 1 fully saturated rings. The van der Waals surface area contributed by atoms with Crippen molar-refractivity contribution in [3.63, 3.8) is 0 Å². The number of benzene rings is 2. The molecule has 4 rings (SSSR count). The van der Waals surface area contributed by atoms with E-state index in [0.29, 0.717) is 32.6 Å². The summed E-state index contributed by atoms with van der Waals surface area (Å²) in [6.45, 7) is 2.49. The topological polar surface area (TPSA) is 79.4 Å². The van der Waals surface area contributed by atoms with Gasteiger partial charge in [0.1, 0.15) is 11.6 Å². The van der Waals surface area contributed by atoms with Crippen LogP contribution < -0.4 is 9.62 Å². The quantitative estimate of drug-likeness (QED) is 0.477. The summed E-state index contributed by atoms with van der Waals surface area (Å²) in [5, 5.41) is 1.09. The first-order valence-corrected chi connectivity index (χ1v) is 13.2. The zero-order valence-corrected chi connectivity index (χ0v) is 20.8. The van der Waals surface area contributed by atoms with Crippen molar-refractivity contribution in [2.45, 2.75) is 25.8 Å². The first-order chi connectivity index (χ1) is 16.0. The molecule has 0 saturated carbocycles. The molecule has 0 unspecified atom stereocenters. The van der Waals surface area contributed by atoms with Gasteiger partial charge in [0, 0.05) is 23.3 Å². The number of nitrogens with one attached hydrogen (secondary N) is 1. The lowest BCUT2D eigenvalue weighted by atomic mass is 9.98. The first-order valence-electron chi connectivity index (χ1n) is 10.5. The molecule has 1 aliphatic rings. The second-order valence-electron chi connectivity index (χ2n) is 8.29. The van der Waals surface area contributed by atoms with Gasteiger partial charge in [0.15, 0.2) is 0 Å². The van der Waals surface area contributed by atoms with Gasteiger partial charge in [-0.25, -0.2) is 22.5 Å². The van der Waals surface area contributed by atoms with Crippen LogP contribution in [0.5, 0.6) is 0 Å². The highest BCUT2D eigenvalue weighted by Gasteiger charge is 2.29. The fourth-order valence-corrected chi connectivity index (χ4v) is 5.18. The summed E-state index contributed by atoms with van der Waals surface area (Å²) in [5.74, 6) is -1.24. The van der Waals surface area contributed by atoms with Crippen molar-refractivity contribution in [1.82, 2.24) is 9.71 Å². The molecule has 0 bridgehead atoms. The largest absolute Gasteiger partial charge is 0.348 e. The normalized spacial score (nSPS) is 16.0. The van der Waals surface area contributed by atoms with E-state index >= 15 is 0 Å². The molecule has 34 heavy (non-hydrogen) atoms. The standard InChI is InChI=1S/C24H22Cl2FN3O3S/c1-14-9-19(24(31)29-34(2,32)33)21(27)12-18(14)16-11-20(26)23(28-13-16)30-8-4-7-22(30)15-5-3-6-17(25)10-15/h3,5-6,9-13,22H,4,7-8H2,1-2H3,(H,29,31)/t22-/m1/s1. The maximum atomic E-state index is 14.7. The van der Waals surface area contributed by atoms with Crippen molar-refractivity contribution in [2.24, 2.45) is 0 Å². The monoisotopic (exact) mass is 521 g/mol. The Kier molecular flexibility index (Phi) is 6.85. The molecule has 1 saturated heterocycles. The minimum atomic E-state index is -3.81. The Morgan fingerprint density at radius 3 is 2.65 bits per heavy atom. The van der Waals surface area contributed by atoms with Gasteiger partial charge in [-0.2, -0.15) is 0 Å². The SMILES string of the molecule is Cc1cc(C(=O)NS(C)(=O)=O)c(F)cc1-c1cnc(N2CCC[C@@H]2c2cccc(Cl)c2)c(Cl)c1. The summed E-state index contributed by atoms with van der Waals surface area (Å²) in [7, 11) is -3.81. The summed E-state index contributed by atoms with van der Waals surface area (Å²) in [6.07, 6.45) is 4.38. The van der Waals surface area contributed by atoms with Crippen molar-refractivity contribution < 1.29 is 17.6 Å². The van der Waals surface area contributed by atoms with E-state index < -0.39 is 21.7 Å². The molecule has 1 atom stereocenters. The van der Waals surface area contributed by atoms with Crippen molar-refractivity contribution in [2.75, 3.05) is 17.7 Å². The smallest absolute Gasteiger partial charge is 0.267 e. The molecule has 1 amide bonds. The average Bonchev–Trinajstić information content (AvgIpc) is 3.23. The van der Waals surface area contributed by atoms with Crippen LogP contribution in [0.15, 0.2) is 48.7 Å². The summed E-state index contributed by atoms with van der Waals surface area (Å²) >= 11 is 12.8. The zero-order valence-electron chi connectivity index (χ0n) is 18.5. The molecule has 2 heterocycles. The number of aromatic nitrogens is 1. The Bertz CT molecular complexity index is 1380. The fraction of sp³-hybridized carbons (Fsp3) is 0.250. The second kappa shape index (κ2) is 9.52. The Hall–Kier alpha value is -2.68. The number of amides is 1. The Labute approximate surface area is 207 Å². The minimum Gasteiger partial charge on any atom is -0.348 e. The van der Waals surface area contributed by atoms with Crippen LogP contribution >= 0.6 is 23.2 Å². The minimum absolute atomic E-state index is 0.0985. The summed E-state index contributed by atoms with van der Waals surface area (Å²) in [4.78, 5) is 18.9. The predicted octanol–water partition coefficient (Wildman–Crippen LogP) is 5.53. The van der Waals surface area contributed by atoms with Gasteiger partial charge < -0.3 is 4.90 Å².